The molecule has 2 fully saturated rings. The average molecular weight is 424 g/mol. The number of carbonyl (C=O) groups is 1. The van der Waals surface area contributed by atoms with Gasteiger partial charge in [-0.1, -0.05) is 24.3 Å². The molecule has 166 valence electrons. The van der Waals surface area contributed by atoms with E-state index >= 15 is 0 Å². The van der Waals surface area contributed by atoms with E-state index in [9.17, 15) is 4.79 Å². The van der Waals surface area contributed by atoms with Gasteiger partial charge < -0.3 is 15.0 Å². The summed E-state index contributed by atoms with van der Waals surface area (Å²) in [4.78, 5) is 26.2. The topological polar surface area (TPSA) is 70.6 Å². The number of nitrogens with one attached hydrogen (secondary N) is 1. The van der Waals surface area contributed by atoms with E-state index in [4.69, 9.17) is 4.74 Å². The van der Waals surface area contributed by atoms with Gasteiger partial charge in [0, 0.05) is 56.9 Å². The zero-order valence-corrected chi connectivity index (χ0v) is 18.6. The Morgan fingerprint density at radius 2 is 1.84 bits per heavy atom. The quantitative estimate of drug-likeness (QED) is 0.771. The Kier molecular flexibility index (Phi) is 7.02. The van der Waals surface area contributed by atoms with Crippen LogP contribution in [0.2, 0.25) is 0 Å². The van der Waals surface area contributed by atoms with Crippen molar-refractivity contribution in [2.24, 2.45) is 5.92 Å². The Morgan fingerprint density at radius 1 is 1.10 bits per heavy atom. The van der Waals surface area contributed by atoms with Crippen LogP contribution in [0.15, 0.2) is 36.5 Å². The molecule has 1 aromatic heterocycles. The Hall–Kier alpha value is -2.67. The highest BCUT2D eigenvalue weighted by Gasteiger charge is 2.29. The monoisotopic (exact) mass is 423 g/mol. The van der Waals surface area contributed by atoms with Gasteiger partial charge in [-0.2, -0.15) is 4.98 Å². The van der Waals surface area contributed by atoms with Gasteiger partial charge in [-0.25, -0.2) is 4.98 Å². The summed E-state index contributed by atoms with van der Waals surface area (Å²) >= 11 is 0. The molecule has 2 aliphatic heterocycles. The molecule has 7 nitrogen and oxygen atoms in total. The lowest BCUT2D eigenvalue weighted by atomic mass is 9.94. The van der Waals surface area contributed by atoms with Crippen molar-refractivity contribution in [3.63, 3.8) is 0 Å². The number of likely N-dealkylation sites (tertiary alicyclic amines) is 1. The van der Waals surface area contributed by atoms with Gasteiger partial charge in [0.25, 0.3) is 0 Å². The van der Waals surface area contributed by atoms with Gasteiger partial charge >= 0.3 is 0 Å². The highest BCUT2D eigenvalue weighted by atomic mass is 16.5. The van der Waals surface area contributed by atoms with E-state index in [0.717, 1.165) is 58.4 Å². The van der Waals surface area contributed by atoms with E-state index in [-0.39, 0.29) is 11.8 Å². The lowest BCUT2D eigenvalue weighted by molar-refractivity contribution is -0.126. The molecule has 1 N–H and O–H groups in total. The van der Waals surface area contributed by atoms with Crippen molar-refractivity contribution in [3.8, 4) is 5.88 Å². The van der Waals surface area contributed by atoms with Gasteiger partial charge in [0.05, 0.1) is 7.11 Å². The highest BCUT2D eigenvalue weighted by molar-refractivity contribution is 5.79. The Morgan fingerprint density at radius 3 is 2.55 bits per heavy atom. The SMILES string of the molecule is COc1ccnc(N2CCC(C(=O)NC3CCN(Cc4ccccc4C)CC3)CC2)n1. The second-order valence-corrected chi connectivity index (χ2v) is 8.65. The number of aryl methyl sites for hydroxylation is 1. The van der Waals surface area contributed by atoms with Crippen molar-refractivity contribution in [2.45, 2.75) is 45.2 Å². The molecule has 0 saturated carbocycles. The number of hydrogen-bond acceptors (Lipinski definition) is 6. The number of ether oxygens (including phenoxy) is 1. The fourth-order valence-electron chi connectivity index (χ4n) is 4.52. The largest absolute Gasteiger partial charge is 0.481 e. The predicted molar refractivity (Wildman–Crippen MR) is 121 cm³/mol. The normalized spacial score (nSPS) is 18.7. The van der Waals surface area contributed by atoms with Crippen LogP contribution >= 0.6 is 0 Å². The highest BCUT2D eigenvalue weighted by Crippen LogP contribution is 2.23. The fraction of sp³-hybridized carbons (Fsp3) is 0.542. The van der Waals surface area contributed by atoms with Crippen LogP contribution in [0.4, 0.5) is 5.95 Å². The molecule has 0 unspecified atom stereocenters. The van der Waals surface area contributed by atoms with Crippen molar-refractivity contribution in [1.29, 1.82) is 0 Å². The van der Waals surface area contributed by atoms with Crippen LogP contribution in [-0.2, 0) is 11.3 Å². The molecule has 1 aromatic carbocycles. The van der Waals surface area contributed by atoms with Gasteiger partial charge in [-0.3, -0.25) is 9.69 Å². The van der Waals surface area contributed by atoms with Crippen LogP contribution < -0.4 is 15.0 Å². The van der Waals surface area contributed by atoms with Crippen molar-refractivity contribution in [1.82, 2.24) is 20.2 Å². The minimum Gasteiger partial charge on any atom is -0.481 e. The first-order valence-corrected chi connectivity index (χ1v) is 11.3. The minimum atomic E-state index is 0.0758. The van der Waals surface area contributed by atoms with Crippen LogP contribution in [0, 0.1) is 12.8 Å². The molecule has 2 aliphatic rings. The van der Waals surface area contributed by atoms with Gasteiger partial charge in [0.2, 0.25) is 17.7 Å². The second-order valence-electron chi connectivity index (χ2n) is 8.65. The molecule has 0 radical (unpaired) electrons. The van der Waals surface area contributed by atoms with Crippen molar-refractivity contribution in [3.05, 3.63) is 47.7 Å². The number of amides is 1. The molecule has 0 spiro atoms. The maximum absolute atomic E-state index is 12.8. The number of rotatable bonds is 6. The maximum atomic E-state index is 12.8. The number of piperidine rings is 2. The summed E-state index contributed by atoms with van der Waals surface area (Å²) in [5.74, 6) is 1.54. The minimum absolute atomic E-state index is 0.0758. The molecule has 2 aromatic rings. The zero-order chi connectivity index (χ0) is 21.6. The third-order valence-electron chi connectivity index (χ3n) is 6.56. The predicted octanol–water partition coefficient (Wildman–Crippen LogP) is 2.79. The summed E-state index contributed by atoms with van der Waals surface area (Å²) in [6.07, 6.45) is 5.42. The second kappa shape index (κ2) is 10.1. The third-order valence-corrected chi connectivity index (χ3v) is 6.56. The average Bonchev–Trinajstić information content (AvgIpc) is 2.82. The molecule has 4 rings (SSSR count). The Labute approximate surface area is 184 Å². The van der Waals surface area contributed by atoms with Crippen molar-refractivity contribution < 1.29 is 9.53 Å². The first-order chi connectivity index (χ1) is 15.1. The van der Waals surface area contributed by atoms with E-state index in [1.807, 2.05) is 0 Å². The maximum Gasteiger partial charge on any atom is 0.228 e. The molecule has 1 amide bonds. The molecule has 3 heterocycles. The number of aromatic nitrogens is 2. The van der Waals surface area contributed by atoms with Crippen LogP contribution in [0.5, 0.6) is 5.88 Å². The summed E-state index contributed by atoms with van der Waals surface area (Å²) in [6.45, 7) is 6.82. The van der Waals surface area contributed by atoms with E-state index in [1.54, 1.807) is 19.4 Å². The smallest absolute Gasteiger partial charge is 0.228 e. The lowest BCUT2D eigenvalue weighted by Crippen LogP contribution is -2.48. The fourth-order valence-corrected chi connectivity index (χ4v) is 4.52. The first-order valence-electron chi connectivity index (χ1n) is 11.3. The van der Waals surface area contributed by atoms with E-state index < -0.39 is 0 Å². The molecule has 0 bridgehead atoms. The van der Waals surface area contributed by atoms with Gasteiger partial charge in [0.1, 0.15) is 0 Å². The molecule has 0 aliphatic carbocycles. The van der Waals surface area contributed by atoms with Gasteiger partial charge in [0.15, 0.2) is 0 Å². The Bertz CT molecular complexity index is 874. The molecule has 0 atom stereocenters. The standard InChI is InChI=1S/C24H33N5O2/c1-18-5-3-4-6-20(18)17-28-13-10-21(11-14-28)26-23(30)19-8-15-29(16-9-19)24-25-12-7-22(27-24)31-2/h3-7,12,19,21H,8-11,13-17H2,1-2H3,(H,26,30). The number of carbonyl (C=O) groups excluding carboxylic acids is 1. The molecule has 2 saturated heterocycles. The summed E-state index contributed by atoms with van der Waals surface area (Å²) in [6, 6.07) is 10.6. The summed E-state index contributed by atoms with van der Waals surface area (Å²) in [5, 5.41) is 3.32. The van der Waals surface area contributed by atoms with Crippen LogP contribution in [0.3, 0.4) is 0 Å². The first kappa shape index (κ1) is 21.6. The van der Waals surface area contributed by atoms with Crippen molar-refractivity contribution in [2.75, 3.05) is 38.2 Å². The Balaban J connectivity index is 1.20. The summed E-state index contributed by atoms with van der Waals surface area (Å²) in [7, 11) is 1.61. The molecule has 7 heteroatoms. The van der Waals surface area contributed by atoms with Crippen LogP contribution in [-0.4, -0.2) is 60.1 Å². The van der Waals surface area contributed by atoms with Gasteiger partial charge in [-0.15, -0.1) is 0 Å². The van der Waals surface area contributed by atoms with Crippen LogP contribution in [0.1, 0.15) is 36.8 Å². The summed E-state index contributed by atoms with van der Waals surface area (Å²) < 4.78 is 5.19. The number of methoxy groups -OCH3 is 1. The van der Waals surface area contributed by atoms with Crippen LogP contribution in [0.25, 0.3) is 0 Å². The molecule has 31 heavy (non-hydrogen) atoms. The molecular formula is C24H33N5O2. The van der Waals surface area contributed by atoms with E-state index in [1.165, 1.54) is 11.1 Å². The van der Waals surface area contributed by atoms with Gasteiger partial charge in [-0.05, 0) is 43.7 Å². The number of anilines is 1. The summed E-state index contributed by atoms with van der Waals surface area (Å²) in [5.41, 5.74) is 2.75. The van der Waals surface area contributed by atoms with E-state index in [2.05, 4.69) is 56.3 Å². The molecular weight excluding hydrogens is 390 g/mol. The lowest BCUT2D eigenvalue weighted by Gasteiger charge is -2.35. The number of nitrogens with zero attached hydrogens (tertiary/aromatic N) is 4. The number of hydrogen-bond donors (Lipinski definition) is 1. The van der Waals surface area contributed by atoms with Crippen molar-refractivity contribution >= 4 is 11.9 Å². The third kappa shape index (κ3) is 5.53. The number of benzene rings is 1. The zero-order valence-electron chi connectivity index (χ0n) is 18.6. The van der Waals surface area contributed by atoms with E-state index in [0.29, 0.717) is 17.9 Å².